The summed E-state index contributed by atoms with van der Waals surface area (Å²) < 4.78 is 14.2. The number of benzene rings is 5. The van der Waals surface area contributed by atoms with Crippen molar-refractivity contribution in [1.82, 2.24) is 0 Å². The SMILES string of the molecule is CC(C)(C)[Si](OCC1=C2[C@@H](CC/C(=C/c3ccc(O)cc3Cl)c3ccccc3)OC[C@@H]2[C@@H]2C(=O)N(c3cccc([N+](=O)[O-])c3)C(=O)[C@@H]2C1)(c1ccccc1)c1ccccc1. The maximum Gasteiger partial charge on any atom is 0.271 e. The van der Waals surface area contributed by atoms with Gasteiger partial charge < -0.3 is 14.3 Å². The van der Waals surface area contributed by atoms with E-state index in [2.05, 4.69) is 57.2 Å². The summed E-state index contributed by atoms with van der Waals surface area (Å²) in [5.74, 6) is -2.40. The first-order chi connectivity index (χ1) is 28.9. The van der Waals surface area contributed by atoms with E-state index in [0.717, 1.165) is 43.1 Å². The number of hydrogen-bond donors (Lipinski definition) is 1. The Morgan fingerprint density at radius 3 is 2.15 bits per heavy atom. The number of phenolic OH excluding ortho intramolecular Hbond substituents is 1. The number of anilines is 1. The molecule has 60 heavy (non-hydrogen) atoms. The molecule has 2 aliphatic heterocycles. The highest BCUT2D eigenvalue weighted by molar-refractivity contribution is 6.99. The predicted octanol–water partition coefficient (Wildman–Crippen LogP) is 9.37. The van der Waals surface area contributed by atoms with Crippen LogP contribution in [0.25, 0.3) is 11.6 Å². The second-order valence-corrected chi connectivity index (χ2v) is 21.6. The van der Waals surface area contributed by atoms with Gasteiger partial charge in [-0.2, -0.15) is 0 Å². The quantitative estimate of drug-likeness (QED) is 0.0332. The van der Waals surface area contributed by atoms with Crippen molar-refractivity contribution < 1.29 is 28.8 Å². The summed E-state index contributed by atoms with van der Waals surface area (Å²) in [6.07, 6.45) is 3.16. The molecule has 2 fully saturated rings. The van der Waals surface area contributed by atoms with Gasteiger partial charge in [-0.05, 0) is 92.9 Å². The molecule has 0 bridgehead atoms. The van der Waals surface area contributed by atoms with Crippen LogP contribution < -0.4 is 15.3 Å². The minimum Gasteiger partial charge on any atom is -0.508 e. The Morgan fingerprint density at radius 2 is 1.53 bits per heavy atom. The number of halogens is 1. The van der Waals surface area contributed by atoms with Crippen molar-refractivity contribution in [3.63, 3.8) is 0 Å². The molecule has 8 rings (SSSR count). The average molecular weight is 839 g/mol. The van der Waals surface area contributed by atoms with Gasteiger partial charge in [-0.25, -0.2) is 4.90 Å². The highest BCUT2D eigenvalue weighted by Gasteiger charge is 2.58. The second-order valence-electron chi connectivity index (χ2n) is 16.8. The van der Waals surface area contributed by atoms with Crippen molar-refractivity contribution >= 4 is 65.1 Å². The van der Waals surface area contributed by atoms with Crippen LogP contribution in [0.2, 0.25) is 10.1 Å². The van der Waals surface area contributed by atoms with Gasteiger partial charge in [-0.15, -0.1) is 0 Å². The maximum atomic E-state index is 14.5. The highest BCUT2D eigenvalue weighted by atomic mass is 35.5. The molecule has 0 unspecified atom stereocenters. The van der Waals surface area contributed by atoms with Crippen molar-refractivity contribution in [3.05, 3.63) is 171 Å². The third kappa shape index (κ3) is 7.65. The summed E-state index contributed by atoms with van der Waals surface area (Å²) >= 11 is 6.60. The number of carbonyl (C=O) groups excluding carboxylic acids is 2. The van der Waals surface area contributed by atoms with Crippen LogP contribution in [0, 0.1) is 27.9 Å². The third-order valence-corrected chi connectivity index (χ3v) is 17.6. The lowest BCUT2D eigenvalue weighted by Gasteiger charge is -2.44. The van der Waals surface area contributed by atoms with Gasteiger partial charge in [0.2, 0.25) is 11.8 Å². The van der Waals surface area contributed by atoms with E-state index in [1.807, 2.05) is 60.7 Å². The van der Waals surface area contributed by atoms with Crippen LogP contribution in [0.3, 0.4) is 0 Å². The molecule has 4 atom stereocenters. The number of allylic oxidation sites excluding steroid dienone is 1. The van der Waals surface area contributed by atoms with Crippen LogP contribution in [0.15, 0.2) is 145 Å². The van der Waals surface area contributed by atoms with Crippen molar-refractivity contribution in [2.45, 2.75) is 51.2 Å². The molecule has 1 aliphatic carbocycles. The molecular formula is C49H47ClN2O7Si. The summed E-state index contributed by atoms with van der Waals surface area (Å²) in [5.41, 5.74) is 4.79. The molecule has 2 heterocycles. The monoisotopic (exact) mass is 838 g/mol. The largest absolute Gasteiger partial charge is 0.508 e. The first kappa shape index (κ1) is 41.1. The Bertz CT molecular complexity index is 2450. The fourth-order valence-electron chi connectivity index (χ4n) is 9.62. The van der Waals surface area contributed by atoms with Crippen molar-refractivity contribution in [2.75, 3.05) is 18.1 Å². The topological polar surface area (TPSA) is 119 Å². The Morgan fingerprint density at radius 1 is 0.883 bits per heavy atom. The summed E-state index contributed by atoms with van der Waals surface area (Å²) in [6, 6.07) is 41.5. The number of nitro benzene ring substituents is 1. The van der Waals surface area contributed by atoms with Crippen LogP contribution in [-0.2, 0) is 18.8 Å². The zero-order chi connectivity index (χ0) is 42.2. The fraction of sp³-hybridized carbons (Fsp3) is 0.265. The number of ether oxygens (including phenoxy) is 1. The number of hydrogen-bond acceptors (Lipinski definition) is 7. The summed E-state index contributed by atoms with van der Waals surface area (Å²) in [7, 11) is -3.02. The van der Waals surface area contributed by atoms with E-state index >= 15 is 0 Å². The average Bonchev–Trinajstić information content (AvgIpc) is 3.78. The number of rotatable bonds is 12. The lowest BCUT2D eigenvalue weighted by Crippen LogP contribution is -2.66. The van der Waals surface area contributed by atoms with Crippen molar-refractivity contribution in [2.24, 2.45) is 17.8 Å². The van der Waals surface area contributed by atoms with Gasteiger partial charge in [0.25, 0.3) is 14.0 Å². The summed E-state index contributed by atoms with van der Waals surface area (Å²) in [5, 5.41) is 24.2. The van der Waals surface area contributed by atoms with Crippen molar-refractivity contribution in [1.29, 1.82) is 0 Å². The van der Waals surface area contributed by atoms with E-state index in [-0.39, 0.29) is 59.2 Å². The van der Waals surface area contributed by atoms with Gasteiger partial charge in [0, 0.05) is 18.1 Å². The van der Waals surface area contributed by atoms with Crippen molar-refractivity contribution in [3.8, 4) is 5.75 Å². The second kappa shape index (κ2) is 16.8. The number of amides is 2. The molecule has 306 valence electrons. The fourth-order valence-corrected chi connectivity index (χ4v) is 14.4. The zero-order valence-corrected chi connectivity index (χ0v) is 35.5. The van der Waals surface area contributed by atoms with E-state index < -0.39 is 25.1 Å². The number of nitro groups is 1. The molecule has 0 aromatic heterocycles. The third-order valence-electron chi connectivity index (χ3n) is 12.3. The van der Waals surface area contributed by atoms with Gasteiger partial charge in [0.1, 0.15) is 5.75 Å². The molecule has 1 N–H and O–H groups in total. The van der Waals surface area contributed by atoms with E-state index in [1.165, 1.54) is 24.3 Å². The number of phenols is 1. The van der Waals surface area contributed by atoms with Crippen LogP contribution in [0.4, 0.5) is 11.4 Å². The molecule has 0 spiro atoms. The number of imide groups is 1. The van der Waals surface area contributed by atoms with Crippen LogP contribution in [0.1, 0.15) is 51.2 Å². The lowest BCUT2D eigenvalue weighted by molar-refractivity contribution is -0.384. The van der Waals surface area contributed by atoms with Crippen LogP contribution >= 0.6 is 11.6 Å². The summed E-state index contributed by atoms with van der Waals surface area (Å²) in [6.45, 7) is 7.18. The zero-order valence-electron chi connectivity index (χ0n) is 33.8. The van der Waals surface area contributed by atoms with Gasteiger partial charge in [-0.1, -0.05) is 129 Å². The highest BCUT2D eigenvalue weighted by Crippen LogP contribution is 2.51. The standard InChI is InChI=1S/C49H47ClN2O7Si/c1-49(2,3)60(39-18-9-5-10-19-39,40-20-11-6-12-21-40)59-30-35-27-41-46(48(55)51(47(41)54)36-16-13-17-37(28-36)52(56)57)42-31-58-44(45(35)42)25-23-33(32-14-7-4-8-15-32)26-34-22-24-38(53)29-43(34)50/h4-22,24,26,28-29,41-42,44,46,53H,23,25,27,30-31H2,1-3H3/b33-26-/t41-,42+,44-,46-/m1/s1. The Labute approximate surface area is 356 Å². The van der Waals surface area contributed by atoms with Gasteiger partial charge >= 0.3 is 0 Å². The minimum atomic E-state index is -3.02. The minimum absolute atomic E-state index is 0.0863. The van der Waals surface area contributed by atoms with E-state index in [4.69, 9.17) is 20.8 Å². The summed E-state index contributed by atoms with van der Waals surface area (Å²) in [4.78, 5) is 41.3. The van der Waals surface area contributed by atoms with Gasteiger partial charge in [-0.3, -0.25) is 19.7 Å². The number of carbonyl (C=O) groups is 2. The molecule has 5 aromatic carbocycles. The smallest absolute Gasteiger partial charge is 0.271 e. The van der Waals surface area contributed by atoms with Gasteiger partial charge in [0.05, 0.1) is 46.8 Å². The maximum absolute atomic E-state index is 14.5. The molecular weight excluding hydrogens is 792 g/mol. The molecule has 3 aliphatic rings. The predicted molar refractivity (Wildman–Crippen MR) is 238 cm³/mol. The number of aromatic hydroxyl groups is 1. The van der Waals surface area contributed by atoms with Gasteiger partial charge in [0.15, 0.2) is 0 Å². The molecule has 0 saturated carbocycles. The first-order valence-corrected chi connectivity index (χ1v) is 22.6. The molecule has 9 nitrogen and oxygen atoms in total. The molecule has 2 amide bonds. The Kier molecular flexibility index (Phi) is 11.5. The lowest BCUT2D eigenvalue weighted by atomic mass is 9.69. The molecule has 11 heteroatoms. The molecule has 5 aromatic rings. The van der Waals surface area contributed by atoms with Crippen LogP contribution in [0.5, 0.6) is 5.75 Å². The molecule has 2 saturated heterocycles. The normalized spacial score (nSPS) is 20.7. The molecule has 0 radical (unpaired) electrons. The van der Waals surface area contributed by atoms with E-state index in [9.17, 15) is 24.8 Å². The number of nitrogens with zero attached hydrogens (tertiary/aromatic N) is 2. The van der Waals surface area contributed by atoms with Crippen LogP contribution in [-0.4, -0.2) is 49.5 Å². The van der Waals surface area contributed by atoms with E-state index in [1.54, 1.807) is 18.2 Å². The number of fused-ring (bicyclic) bond motifs is 3. The van der Waals surface area contributed by atoms with E-state index in [0.29, 0.717) is 24.3 Å². The first-order valence-electron chi connectivity index (χ1n) is 20.3. The Hall–Kier alpha value is -5.65. The Balaban J connectivity index is 1.20. The number of non-ortho nitro benzene ring substituents is 1.